The van der Waals surface area contributed by atoms with E-state index in [9.17, 15) is 0 Å². The highest BCUT2D eigenvalue weighted by Gasteiger charge is 2.13. The molecule has 0 atom stereocenters. The van der Waals surface area contributed by atoms with Crippen molar-refractivity contribution in [1.29, 1.82) is 0 Å². The summed E-state index contributed by atoms with van der Waals surface area (Å²) < 4.78 is 0. The molecule has 20 heavy (non-hydrogen) atoms. The minimum atomic E-state index is 0.510. The van der Waals surface area contributed by atoms with Crippen LogP contribution in [-0.4, -0.2) is 23.5 Å². The van der Waals surface area contributed by atoms with E-state index in [-0.39, 0.29) is 0 Å². The Morgan fingerprint density at radius 3 is 2.85 bits per heavy atom. The lowest BCUT2D eigenvalue weighted by molar-refractivity contribution is 0.412. The van der Waals surface area contributed by atoms with Crippen LogP contribution in [0.15, 0.2) is 10.4 Å². The van der Waals surface area contributed by atoms with Crippen molar-refractivity contribution in [2.24, 2.45) is 10.7 Å². The van der Waals surface area contributed by atoms with Gasteiger partial charge in [0.25, 0.3) is 0 Å². The Balaban J connectivity index is 1.73. The maximum absolute atomic E-state index is 5.94. The van der Waals surface area contributed by atoms with Crippen molar-refractivity contribution in [3.8, 4) is 0 Å². The molecule has 0 unspecified atom stereocenters. The number of nitrogens with one attached hydrogen (secondary N) is 1. The largest absolute Gasteiger partial charge is 0.370 e. The molecule has 1 aliphatic rings. The Bertz CT molecular complexity index is 433. The van der Waals surface area contributed by atoms with Gasteiger partial charge >= 0.3 is 0 Å². The second-order valence-corrected chi connectivity index (χ2v) is 6.72. The van der Waals surface area contributed by atoms with Crippen LogP contribution in [0.1, 0.15) is 62.6 Å². The quantitative estimate of drug-likeness (QED) is 0.648. The Morgan fingerprint density at radius 1 is 1.45 bits per heavy atom. The van der Waals surface area contributed by atoms with E-state index in [1.54, 1.807) is 11.3 Å². The second-order valence-electron chi connectivity index (χ2n) is 5.83. The lowest BCUT2D eigenvalue weighted by atomic mass is 9.96. The number of aliphatic imine (C=N–C) groups is 1. The zero-order valence-corrected chi connectivity index (χ0v) is 13.4. The summed E-state index contributed by atoms with van der Waals surface area (Å²) in [6.45, 7) is 5.06. The Hall–Kier alpha value is -1.10. The van der Waals surface area contributed by atoms with E-state index < -0.39 is 0 Å². The third kappa shape index (κ3) is 4.78. The number of nitrogens with zero attached hydrogens (tertiary/aromatic N) is 2. The summed E-state index contributed by atoms with van der Waals surface area (Å²) in [5.74, 6) is 1.10. The predicted octanol–water partition coefficient (Wildman–Crippen LogP) is 3.05. The monoisotopic (exact) mass is 294 g/mol. The molecule has 0 aliphatic heterocycles. The molecule has 1 aromatic heterocycles. The van der Waals surface area contributed by atoms with Gasteiger partial charge in [-0.15, -0.1) is 11.3 Å². The molecular formula is C15H26N4S. The van der Waals surface area contributed by atoms with Crippen LogP contribution in [-0.2, 0) is 6.42 Å². The summed E-state index contributed by atoms with van der Waals surface area (Å²) in [5, 5.41) is 6.68. The average molecular weight is 294 g/mol. The zero-order valence-electron chi connectivity index (χ0n) is 12.6. The summed E-state index contributed by atoms with van der Waals surface area (Å²) in [5.41, 5.74) is 7.08. The van der Waals surface area contributed by atoms with Crippen LogP contribution in [0, 0.1) is 0 Å². The molecule has 1 fully saturated rings. The fourth-order valence-electron chi connectivity index (χ4n) is 2.50. The highest BCUT2D eigenvalue weighted by molar-refractivity contribution is 7.09. The van der Waals surface area contributed by atoms with Gasteiger partial charge in [-0.3, -0.25) is 4.99 Å². The summed E-state index contributed by atoms with van der Waals surface area (Å²) in [4.78, 5) is 9.03. The molecule has 1 aliphatic carbocycles. The molecule has 5 heteroatoms. The Labute approximate surface area is 125 Å². The molecule has 3 N–H and O–H groups in total. The molecule has 0 spiro atoms. The Morgan fingerprint density at radius 2 is 2.20 bits per heavy atom. The predicted molar refractivity (Wildman–Crippen MR) is 86.4 cm³/mol. The van der Waals surface area contributed by atoms with Crippen LogP contribution < -0.4 is 11.1 Å². The van der Waals surface area contributed by atoms with E-state index in [2.05, 4.69) is 34.5 Å². The van der Waals surface area contributed by atoms with E-state index in [1.807, 2.05) is 0 Å². The maximum atomic E-state index is 5.94. The van der Waals surface area contributed by atoms with Crippen molar-refractivity contribution < 1.29 is 0 Å². The normalized spacial score (nSPS) is 17.6. The van der Waals surface area contributed by atoms with Gasteiger partial charge in [0.2, 0.25) is 0 Å². The molecule has 0 amide bonds. The summed E-state index contributed by atoms with van der Waals surface area (Å²) >= 11 is 1.74. The molecule has 112 valence electrons. The standard InChI is InChI=1S/C15H26N4S/c1-11(2)14-18-13(10-20-14)8-9-17-15(16)19-12-6-4-3-5-7-12/h10-12H,3-9H2,1-2H3,(H3,16,17,19). The van der Waals surface area contributed by atoms with Crippen LogP contribution in [0.25, 0.3) is 0 Å². The first-order chi connectivity index (χ1) is 9.65. The van der Waals surface area contributed by atoms with Crippen molar-refractivity contribution in [1.82, 2.24) is 10.3 Å². The average Bonchev–Trinajstić information content (AvgIpc) is 2.89. The van der Waals surface area contributed by atoms with Crippen LogP contribution in [0.4, 0.5) is 0 Å². The fraction of sp³-hybridized carbons (Fsp3) is 0.733. The first-order valence-corrected chi connectivity index (χ1v) is 8.54. The van der Waals surface area contributed by atoms with Gasteiger partial charge in [-0.05, 0) is 12.8 Å². The molecule has 0 bridgehead atoms. The lowest BCUT2D eigenvalue weighted by Crippen LogP contribution is -2.41. The fourth-order valence-corrected chi connectivity index (χ4v) is 3.36. The van der Waals surface area contributed by atoms with Crippen LogP contribution in [0.5, 0.6) is 0 Å². The summed E-state index contributed by atoms with van der Waals surface area (Å²) in [6, 6.07) is 0.527. The molecule has 4 nitrogen and oxygen atoms in total. The zero-order chi connectivity index (χ0) is 14.4. The van der Waals surface area contributed by atoms with Gasteiger partial charge in [0.15, 0.2) is 5.96 Å². The highest BCUT2D eigenvalue weighted by atomic mass is 32.1. The molecular weight excluding hydrogens is 268 g/mol. The molecule has 1 heterocycles. The van der Waals surface area contributed by atoms with Crippen molar-refractivity contribution in [3.63, 3.8) is 0 Å². The van der Waals surface area contributed by atoms with Gasteiger partial charge in [-0.1, -0.05) is 33.1 Å². The Kier molecular flexibility index (Phi) is 5.83. The third-order valence-electron chi connectivity index (χ3n) is 3.67. The van der Waals surface area contributed by atoms with E-state index in [0.717, 1.165) is 12.1 Å². The number of thiazole rings is 1. The first-order valence-electron chi connectivity index (χ1n) is 7.66. The second kappa shape index (κ2) is 7.62. The van der Waals surface area contributed by atoms with Crippen LogP contribution >= 0.6 is 11.3 Å². The highest BCUT2D eigenvalue weighted by Crippen LogP contribution is 2.19. The number of nitrogens with two attached hydrogens (primary N) is 1. The van der Waals surface area contributed by atoms with Gasteiger partial charge < -0.3 is 11.1 Å². The number of hydrogen-bond acceptors (Lipinski definition) is 3. The van der Waals surface area contributed by atoms with Crippen molar-refractivity contribution in [3.05, 3.63) is 16.1 Å². The minimum absolute atomic E-state index is 0.510. The molecule has 2 rings (SSSR count). The van der Waals surface area contributed by atoms with Gasteiger partial charge in [0.1, 0.15) is 0 Å². The van der Waals surface area contributed by atoms with Gasteiger partial charge in [-0.2, -0.15) is 0 Å². The van der Waals surface area contributed by atoms with Crippen molar-refractivity contribution in [2.75, 3.05) is 6.54 Å². The van der Waals surface area contributed by atoms with Crippen LogP contribution in [0.3, 0.4) is 0 Å². The van der Waals surface area contributed by atoms with Gasteiger partial charge in [0.05, 0.1) is 10.7 Å². The molecule has 1 saturated carbocycles. The maximum Gasteiger partial charge on any atom is 0.188 e. The van der Waals surface area contributed by atoms with Crippen LogP contribution in [0.2, 0.25) is 0 Å². The molecule has 0 aromatic carbocycles. The summed E-state index contributed by atoms with van der Waals surface area (Å²) in [7, 11) is 0. The minimum Gasteiger partial charge on any atom is -0.370 e. The van der Waals surface area contributed by atoms with E-state index >= 15 is 0 Å². The number of rotatable bonds is 5. The number of hydrogen-bond donors (Lipinski definition) is 2. The molecule has 0 saturated heterocycles. The summed E-state index contributed by atoms with van der Waals surface area (Å²) in [6.07, 6.45) is 7.29. The first kappa shape index (κ1) is 15.3. The van der Waals surface area contributed by atoms with Crippen molar-refractivity contribution >= 4 is 17.3 Å². The van der Waals surface area contributed by atoms with Gasteiger partial charge in [-0.25, -0.2) is 4.98 Å². The number of guanidine groups is 1. The SMILES string of the molecule is CC(C)c1nc(CCN=C(N)NC2CCCCC2)cs1. The van der Waals surface area contributed by atoms with Crippen molar-refractivity contribution in [2.45, 2.75) is 64.3 Å². The number of aromatic nitrogens is 1. The lowest BCUT2D eigenvalue weighted by Gasteiger charge is -2.23. The van der Waals surface area contributed by atoms with E-state index in [0.29, 0.717) is 24.5 Å². The molecule has 1 aromatic rings. The topological polar surface area (TPSA) is 63.3 Å². The van der Waals surface area contributed by atoms with E-state index in [4.69, 9.17) is 5.73 Å². The van der Waals surface area contributed by atoms with E-state index in [1.165, 1.54) is 37.1 Å². The smallest absolute Gasteiger partial charge is 0.188 e. The third-order valence-corrected chi connectivity index (χ3v) is 4.86. The van der Waals surface area contributed by atoms with Gasteiger partial charge in [0, 0.05) is 30.3 Å². The molecule has 0 radical (unpaired) electrons.